The van der Waals surface area contributed by atoms with E-state index in [9.17, 15) is 13.2 Å². The molecule has 104 valence electrons. The van der Waals surface area contributed by atoms with Crippen LogP contribution < -0.4 is 5.32 Å². The lowest BCUT2D eigenvalue weighted by atomic mass is 10.3. The predicted molar refractivity (Wildman–Crippen MR) is 63.3 cm³/mol. The van der Waals surface area contributed by atoms with Gasteiger partial charge in [0.1, 0.15) is 0 Å². The van der Waals surface area contributed by atoms with Gasteiger partial charge in [-0.2, -0.15) is 18.3 Å². The molecule has 0 aliphatic carbocycles. The molecule has 2 aromatic heterocycles. The third-order valence-corrected chi connectivity index (χ3v) is 2.66. The van der Waals surface area contributed by atoms with Crippen molar-refractivity contribution in [2.45, 2.75) is 19.2 Å². The van der Waals surface area contributed by atoms with Gasteiger partial charge in [0.2, 0.25) is 0 Å². The van der Waals surface area contributed by atoms with Gasteiger partial charge < -0.3 is 10.4 Å². The third-order valence-electron chi connectivity index (χ3n) is 2.47. The highest BCUT2D eigenvalue weighted by atomic mass is 35.5. The molecule has 0 saturated carbocycles. The van der Waals surface area contributed by atoms with Crippen molar-refractivity contribution in [2.24, 2.45) is 0 Å². The highest BCUT2D eigenvalue weighted by Crippen LogP contribution is 2.23. The average molecular weight is 295 g/mol. The Morgan fingerprint density at radius 1 is 1.53 bits per heavy atom. The van der Waals surface area contributed by atoms with Gasteiger partial charge in [0.15, 0.2) is 16.9 Å². The van der Waals surface area contributed by atoms with Crippen LogP contribution >= 0.6 is 11.6 Å². The molecule has 0 spiro atoms. The number of hydrogen-bond donors (Lipinski definition) is 2. The van der Waals surface area contributed by atoms with Crippen LogP contribution in [0.25, 0.3) is 5.65 Å². The summed E-state index contributed by atoms with van der Waals surface area (Å²) in [5.41, 5.74) is 1.31. The standard InChI is InChI=1S/C10H10ClF3N4O/c1-5-3-16-9-6(2-8(11)17-18(5)9)15-4-7(19)10(12,13)14/h2-3,7,15,19H,4H2,1H3. The number of hydrogen-bond acceptors (Lipinski definition) is 4. The lowest BCUT2D eigenvalue weighted by molar-refractivity contribution is -0.198. The largest absolute Gasteiger partial charge is 0.416 e. The molecular weight excluding hydrogens is 285 g/mol. The Morgan fingerprint density at radius 3 is 2.84 bits per heavy atom. The van der Waals surface area contributed by atoms with Gasteiger partial charge in [-0.25, -0.2) is 9.50 Å². The lowest BCUT2D eigenvalue weighted by Crippen LogP contribution is -2.35. The summed E-state index contributed by atoms with van der Waals surface area (Å²) in [6, 6.07) is 1.35. The van der Waals surface area contributed by atoms with E-state index < -0.39 is 18.8 Å². The molecule has 0 bridgehead atoms. The SMILES string of the molecule is Cc1cnc2c(NCC(O)C(F)(F)F)cc(Cl)nn12. The van der Waals surface area contributed by atoms with E-state index in [2.05, 4.69) is 15.4 Å². The Kier molecular flexibility index (Phi) is 3.55. The summed E-state index contributed by atoms with van der Waals surface area (Å²) in [6.07, 6.45) is -5.62. The van der Waals surface area contributed by atoms with Gasteiger partial charge in [-0.1, -0.05) is 11.6 Å². The number of halogens is 4. The smallest absolute Gasteiger partial charge is 0.382 e. The molecule has 0 aliphatic heterocycles. The number of aromatic nitrogens is 3. The molecule has 5 nitrogen and oxygen atoms in total. The van der Waals surface area contributed by atoms with E-state index >= 15 is 0 Å². The number of nitrogens with one attached hydrogen (secondary N) is 1. The number of aliphatic hydroxyl groups excluding tert-OH is 1. The molecule has 0 aliphatic rings. The summed E-state index contributed by atoms with van der Waals surface area (Å²) in [5, 5.41) is 15.5. The van der Waals surface area contributed by atoms with Crippen molar-refractivity contribution in [3.05, 3.63) is 23.1 Å². The monoisotopic (exact) mass is 294 g/mol. The topological polar surface area (TPSA) is 62.5 Å². The first-order valence-electron chi connectivity index (χ1n) is 5.28. The number of aliphatic hydroxyl groups is 1. The number of anilines is 1. The van der Waals surface area contributed by atoms with E-state index in [0.717, 1.165) is 0 Å². The van der Waals surface area contributed by atoms with Gasteiger partial charge in [-0.05, 0) is 6.92 Å². The minimum absolute atomic E-state index is 0.109. The van der Waals surface area contributed by atoms with Crippen LogP contribution in [-0.4, -0.2) is 38.5 Å². The molecule has 0 aromatic carbocycles. The second kappa shape index (κ2) is 4.86. The first-order valence-corrected chi connectivity index (χ1v) is 5.66. The quantitative estimate of drug-likeness (QED) is 0.909. The second-order valence-electron chi connectivity index (χ2n) is 3.95. The Hall–Kier alpha value is -1.54. The molecule has 1 unspecified atom stereocenters. The molecule has 0 saturated heterocycles. The molecular formula is C10H10ClF3N4O. The minimum Gasteiger partial charge on any atom is -0.382 e. The highest BCUT2D eigenvalue weighted by Gasteiger charge is 2.37. The predicted octanol–water partition coefficient (Wildman–Crippen LogP) is 2.03. The van der Waals surface area contributed by atoms with Crippen LogP contribution in [0.3, 0.4) is 0 Å². The normalized spacial score (nSPS) is 13.8. The molecule has 0 amide bonds. The van der Waals surface area contributed by atoms with Gasteiger partial charge in [-0.3, -0.25) is 0 Å². The van der Waals surface area contributed by atoms with Gasteiger partial charge in [-0.15, -0.1) is 0 Å². The number of fused-ring (bicyclic) bond motifs is 1. The molecule has 2 N–H and O–H groups in total. The molecule has 9 heteroatoms. The Bertz CT molecular complexity index is 598. The maximum absolute atomic E-state index is 12.2. The number of rotatable bonds is 3. The first kappa shape index (κ1) is 13.9. The van der Waals surface area contributed by atoms with E-state index in [0.29, 0.717) is 11.3 Å². The summed E-state index contributed by atoms with van der Waals surface area (Å²) >= 11 is 5.77. The highest BCUT2D eigenvalue weighted by molar-refractivity contribution is 6.29. The molecule has 1 atom stereocenters. The van der Waals surface area contributed by atoms with E-state index in [-0.39, 0.29) is 10.8 Å². The number of alkyl halides is 3. The Balaban J connectivity index is 2.26. The third kappa shape index (κ3) is 2.90. The second-order valence-corrected chi connectivity index (χ2v) is 4.34. The first-order chi connectivity index (χ1) is 8.79. The summed E-state index contributed by atoms with van der Waals surface area (Å²) in [5.74, 6) is 0. The number of imidazole rings is 1. The van der Waals surface area contributed by atoms with Gasteiger partial charge >= 0.3 is 6.18 Å². The Labute approximate surface area is 111 Å². The summed E-state index contributed by atoms with van der Waals surface area (Å²) < 4.78 is 38.0. The van der Waals surface area contributed by atoms with Crippen LogP contribution in [0.5, 0.6) is 0 Å². The van der Waals surface area contributed by atoms with Crippen LogP contribution in [-0.2, 0) is 0 Å². The molecule has 2 aromatic rings. The van der Waals surface area contributed by atoms with E-state index in [1.165, 1.54) is 16.8 Å². The molecule has 2 heterocycles. The van der Waals surface area contributed by atoms with Crippen molar-refractivity contribution in [3.8, 4) is 0 Å². The van der Waals surface area contributed by atoms with Crippen LogP contribution in [0.15, 0.2) is 12.3 Å². The fraction of sp³-hybridized carbons (Fsp3) is 0.400. The number of nitrogens with zero attached hydrogens (tertiary/aromatic N) is 3. The maximum Gasteiger partial charge on any atom is 0.416 e. The van der Waals surface area contributed by atoms with Gasteiger partial charge in [0.05, 0.1) is 17.6 Å². The van der Waals surface area contributed by atoms with Crippen molar-refractivity contribution in [1.29, 1.82) is 0 Å². The van der Waals surface area contributed by atoms with Crippen molar-refractivity contribution in [1.82, 2.24) is 14.6 Å². The van der Waals surface area contributed by atoms with Crippen molar-refractivity contribution < 1.29 is 18.3 Å². The van der Waals surface area contributed by atoms with Crippen LogP contribution in [0.1, 0.15) is 5.69 Å². The Morgan fingerprint density at radius 2 is 2.21 bits per heavy atom. The van der Waals surface area contributed by atoms with E-state index in [1.807, 2.05) is 0 Å². The van der Waals surface area contributed by atoms with Gasteiger partial charge in [0.25, 0.3) is 0 Å². The molecule has 2 rings (SSSR count). The van der Waals surface area contributed by atoms with Gasteiger partial charge in [0, 0.05) is 12.6 Å². The fourth-order valence-corrected chi connectivity index (χ4v) is 1.69. The zero-order valence-electron chi connectivity index (χ0n) is 9.74. The zero-order valence-corrected chi connectivity index (χ0v) is 10.5. The average Bonchev–Trinajstić information content (AvgIpc) is 2.66. The summed E-state index contributed by atoms with van der Waals surface area (Å²) in [7, 11) is 0. The molecule has 19 heavy (non-hydrogen) atoms. The molecule has 0 radical (unpaired) electrons. The van der Waals surface area contributed by atoms with Crippen LogP contribution in [0, 0.1) is 6.92 Å². The van der Waals surface area contributed by atoms with Crippen LogP contribution in [0.2, 0.25) is 5.15 Å². The summed E-state index contributed by atoms with van der Waals surface area (Å²) in [4.78, 5) is 4.02. The zero-order chi connectivity index (χ0) is 14.2. The minimum atomic E-state index is -4.68. The van der Waals surface area contributed by atoms with Crippen LogP contribution in [0.4, 0.5) is 18.9 Å². The summed E-state index contributed by atoms with van der Waals surface area (Å²) in [6.45, 7) is 1.04. The number of aryl methyl sites for hydroxylation is 1. The lowest BCUT2D eigenvalue weighted by Gasteiger charge is -2.16. The molecule has 0 fully saturated rings. The van der Waals surface area contributed by atoms with Crippen molar-refractivity contribution in [3.63, 3.8) is 0 Å². The van der Waals surface area contributed by atoms with Crippen molar-refractivity contribution >= 4 is 22.9 Å². The fourth-order valence-electron chi connectivity index (χ4n) is 1.50. The van der Waals surface area contributed by atoms with E-state index in [4.69, 9.17) is 16.7 Å². The van der Waals surface area contributed by atoms with E-state index in [1.54, 1.807) is 6.92 Å². The van der Waals surface area contributed by atoms with Crippen molar-refractivity contribution in [2.75, 3.05) is 11.9 Å². The maximum atomic E-state index is 12.2.